The minimum absolute atomic E-state index is 0.318. The average molecular weight is 466 g/mol. The first-order valence-electron chi connectivity index (χ1n) is 8.01. The van der Waals surface area contributed by atoms with Crippen LogP contribution < -0.4 is 5.43 Å². The Morgan fingerprint density at radius 1 is 1.22 bits per heavy atom. The first kappa shape index (κ1) is 19.6. The van der Waals surface area contributed by atoms with E-state index in [0.29, 0.717) is 38.0 Å². The van der Waals surface area contributed by atoms with Crippen molar-refractivity contribution in [3.05, 3.63) is 85.6 Å². The maximum atomic E-state index is 12.2. The van der Waals surface area contributed by atoms with Crippen molar-refractivity contribution in [2.24, 2.45) is 5.10 Å². The van der Waals surface area contributed by atoms with E-state index in [1.807, 2.05) is 37.3 Å². The third kappa shape index (κ3) is 4.77. The minimum Gasteiger partial charge on any atom is -0.267 e. The first-order valence-corrected chi connectivity index (χ1v) is 9.56. The lowest BCUT2D eigenvalue weighted by Crippen LogP contribution is -2.18. The Morgan fingerprint density at radius 2 is 1.93 bits per heavy atom. The third-order valence-electron chi connectivity index (χ3n) is 3.83. The molecule has 0 spiro atoms. The fraction of sp³-hybridized carbons (Fsp3) is 0.105. The molecule has 1 aromatic heterocycles. The number of carbonyl (C=O) groups excluding carboxylic acids is 1. The van der Waals surface area contributed by atoms with Gasteiger partial charge in [-0.2, -0.15) is 10.2 Å². The molecule has 0 fully saturated rings. The molecule has 0 atom stereocenters. The second kappa shape index (κ2) is 8.69. The monoisotopic (exact) mass is 464 g/mol. The van der Waals surface area contributed by atoms with Crippen molar-refractivity contribution < 1.29 is 4.79 Å². The number of nitrogens with zero attached hydrogens (tertiary/aromatic N) is 3. The molecular formula is C19H15BrCl2N4O. The summed E-state index contributed by atoms with van der Waals surface area (Å²) in [6, 6.07) is 14.6. The van der Waals surface area contributed by atoms with Gasteiger partial charge in [0.05, 0.1) is 29.6 Å². The zero-order valence-corrected chi connectivity index (χ0v) is 17.4. The van der Waals surface area contributed by atoms with Gasteiger partial charge >= 0.3 is 0 Å². The molecule has 0 unspecified atom stereocenters. The highest BCUT2D eigenvalue weighted by molar-refractivity contribution is 9.10. The molecule has 2 aromatic carbocycles. The van der Waals surface area contributed by atoms with Crippen molar-refractivity contribution in [1.29, 1.82) is 0 Å². The van der Waals surface area contributed by atoms with Gasteiger partial charge in [0.2, 0.25) is 0 Å². The number of nitrogens with one attached hydrogen (secondary N) is 1. The molecule has 27 heavy (non-hydrogen) atoms. The Hall–Kier alpha value is -2.15. The van der Waals surface area contributed by atoms with E-state index in [0.717, 1.165) is 5.56 Å². The van der Waals surface area contributed by atoms with Crippen LogP contribution in [-0.2, 0) is 6.54 Å². The van der Waals surface area contributed by atoms with Crippen molar-refractivity contribution >= 4 is 51.3 Å². The number of aryl methyl sites for hydroxylation is 1. The van der Waals surface area contributed by atoms with Gasteiger partial charge in [0.25, 0.3) is 5.91 Å². The van der Waals surface area contributed by atoms with E-state index in [-0.39, 0.29) is 5.91 Å². The van der Waals surface area contributed by atoms with Gasteiger partial charge in [-0.3, -0.25) is 4.79 Å². The Morgan fingerprint density at radius 3 is 2.63 bits per heavy atom. The summed E-state index contributed by atoms with van der Waals surface area (Å²) in [6.07, 6.45) is 1.50. The summed E-state index contributed by atoms with van der Waals surface area (Å²) in [5, 5.41) is 9.57. The van der Waals surface area contributed by atoms with Crippen LogP contribution in [0.1, 0.15) is 27.2 Å². The van der Waals surface area contributed by atoms with Crippen molar-refractivity contribution in [3.8, 4) is 0 Å². The van der Waals surface area contributed by atoms with Crippen molar-refractivity contribution in [1.82, 2.24) is 15.2 Å². The second-order valence-corrected chi connectivity index (χ2v) is 7.40. The second-order valence-electron chi connectivity index (χ2n) is 5.75. The van der Waals surface area contributed by atoms with Crippen LogP contribution >= 0.6 is 39.1 Å². The third-order valence-corrected chi connectivity index (χ3v) is 5.18. The molecule has 0 aliphatic carbocycles. The number of halogens is 3. The van der Waals surface area contributed by atoms with E-state index in [1.54, 1.807) is 22.9 Å². The van der Waals surface area contributed by atoms with Crippen LogP contribution in [0.3, 0.4) is 0 Å². The van der Waals surface area contributed by atoms with Gasteiger partial charge in [-0.05, 0) is 52.7 Å². The highest BCUT2D eigenvalue weighted by Gasteiger charge is 2.13. The zero-order chi connectivity index (χ0) is 19.4. The highest BCUT2D eigenvalue weighted by Crippen LogP contribution is 2.20. The summed E-state index contributed by atoms with van der Waals surface area (Å²) in [7, 11) is 0. The topological polar surface area (TPSA) is 59.3 Å². The standard InChI is InChI=1S/C19H15BrCl2N4O/c1-12-16(10-23-24-19(27)15-4-2-3-5-17(15)20)18(22)26(25-12)11-13-6-8-14(21)9-7-13/h2-10H,11H2,1H3,(H,24,27)/b23-10-. The summed E-state index contributed by atoms with van der Waals surface area (Å²) in [4.78, 5) is 12.2. The van der Waals surface area contributed by atoms with Gasteiger partial charge in [-0.1, -0.05) is 47.5 Å². The summed E-state index contributed by atoms with van der Waals surface area (Å²) in [6.45, 7) is 2.34. The van der Waals surface area contributed by atoms with Crippen LogP contribution in [-0.4, -0.2) is 21.9 Å². The van der Waals surface area contributed by atoms with E-state index in [4.69, 9.17) is 23.2 Å². The smallest absolute Gasteiger partial charge is 0.267 e. The lowest BCUT2D eigenvalue weighted by molar-refractivity contribution is 0.0954. The van der Waals surface area contributed by atoms with E-state index in [9.17, 15) is 4.79 Å². The Labute approximate surface area is 175 Å². The highest BCUT2D eigenvalue weighted by atomic mass is 79.9. The molecule has 3 rings (SSSR count). The van der Waals surface area contributed by atoms with Gasteiger partial charge in [-0.25, -0.2) is 10.1 Å². The molecule has 0 saturated carbocycles. The molecule has 0 aliphatic rings. The first-order chi connectivity index (χ1) is 13.0. The van der Waals surface area contributed by atoms with Crippen molar-refractivity contribution in [2.45, 2.75) is 13.5 Å². The van der Waals surface area contributed by atoms with E-state index < -0.39 is 0 Å². The molecule has 8 heteroatoms. The summed E-state index contributed by atoms with van der Waals surface area (Å²) >= 11 is 15.7. The maximum Gasteiger partial charge on any atom is 0.272 e. The van der Waals surface area contributed by atoms with Gasteiger partial charge in [0.1, 0.15) is 5.15 Å². The number of benzene rings is 2. The van der Waals surface area contributed by atoms with Gasteiger partial charge in [0, 0.05) is 9.50 Å². The Balaban J connectivity index is 1.72. The Kier molecular flexibility index (Phi) is 6.31. The lowest BCUT2D eigenvalue weighted by Gasteiger charge is -2.04. The molecule has 0 radical (unpaired) electrons. The number of carbonyl (C=O) groups is 1. The largest absolute Gasteiger partial charge is 0.272 e. The summed E-state index contributed by atoms with van der Waals surface area (Å²) < 4.78 is 2.37. The number of rotatable bonds is 5. The molecule has 138 valence electrons. The number of amides is 1. The molecular weight excluding hydrogens is 451 g/mol. The molecule has 0 aliphatic heterocycles. The van der Waals surface area contributed by atoms with Gasteiger partial charge < -0.3 is 0 Å². The predicted molar refractivity (Wildman–Crippen MR) is 112 cm³/mol. The van der Waals surface area contributed by atoms with Crippen LogP contribution in [0, 0.1) is 6.92 Å². The lowest BCUT2D eigenvalue weighted by atomic mass is 10.2. The fourth-order valence-electron chi connectivity index (χ4n) is 2.44. The molecule has 1 amide bonds. The molecule has 1 heterocycles. The quantitative estimate of drug-likeness (QED) is 0.422. The van der Waals surface area contributed by atoms with Gasteiger partial charge in [0.15, 0.2) is 0 Å². The average Bonchev–Trinajstić information content (AvgIpc) is 2.91. The zero-order valence-electron chi connectivity index (χ0n) is 14.3. The van der Waals surface area contributed by atoms with Crippen LogP contribution in [0.2, 0.25) is 10.2 Å². The summed E-state index contributed by atoms with van der Waals surface area (Å²) in [5.74, 6) is -0.318. The summed E-state index contributed by atoms with van der Waals surface area (Å²) in [5.41, 5.74) is 5.38. The van der Waals surface area contributed by atoms with E-state index >= 15 is 0 Å². The van der Waals surface area contributed by atoms with Crippen LogP contribution in [0.5, 0.6) is 0 Å². The molecule has 0 bridgehead atoms. The molecule has 1 N–H and O–H groups in total. The number of hydrazone groups is 1. The Bertz CT molecular complexity index is 999. The SMILES string of the molecule is Cc1nn(Cc2ccc(Cl)cc2)c(Cl)c1/C=N\NC(=O)c1ccccc1Br. The fourth-order valence-corrected chi connectivity index (χ4v) is 3.32. The van der Waals surface area contributed by atoms with E-state index in [2.05, 4.69) is 31.6 Å². The predicted octanol–water partition coefficient (Wildman–Crippen LogP) is 5.07. The molecule has 0 saturated heterocycles. The van der Waals surface area contributed by atoms with Crippen LogP contribution in [0.25, 0.3) is 0 Å². The number of hydrogen-bond acceptors (Lipinski definition) is 3. The van der Waals surface area contributed by atoms with Crippen LogP contribution in [0.4, 0.5) is 0 Å². The normalized spacial score (nSPS) is 11.1. The van der Waals surface area contributed by atoms with Crippen LogP contribution in [0.15, 0.2) is 58.1 Å². The number of hydrogen-bond donors (Lipinski definition) is 1. The van der Waals surface area contributed by atoms with E-state index in [1.165, 1.54) is 6.21 Å². The minimum atomic E-state index is -0.318. The molecule has 5 nitrogen and oxygen atoms in total. The number of aromatic nitrogens is 2. The molecule has 3 aromatic rings. The van der Waals surface area contributed by atoms with Crippen molar-refractivity contribution in [3.63, 3.8) is 0 Å². The van der Waals surface area contributed by atoms with Crippen molar-refractivity contribution in [2.75, 3.05) is 0 Å². The maximum absolute atomic E-state index is 12.2. The van der Waals surface area contributed by atoms with Gasteiger partial charge in [-0.15, -0.1) is 0 Å².